The molecule has 0 atom stereocenters. The Morgan fingerprint density at radius 3 is 2.44 bits per heavy atom. The summed E-state index contributed by atoms with van der Waals surface area (Å²) in [4.78, 5) is 8.88. The van der Waals surface area contributed by atoms with E-state index in [0.29, 0.717) is 0 Å². The van der Waals surface area contributed by atoms with Crippen molar-refractivity contribution in [1.29, 1.82) is 0 Å². The van der Waals surface area contributed by atoms with Crippen LogP contribution in [0.5, 0.6) is 0 Å². The molecule has 2 heterocycles. The van der Waals surface area contributed by atoms with Crippen molar-refractivity contribution in [3.05, 3.63) is 90.0 Å². The Morgan fingerprint density at radius 1 is 0.880 bits per heavy atom. The number of nitrogens with zero attached hydrogens (tertiary/aromatic N) is 3. The van der Waals surface area contributed by atoms with Crippen LogP contribution in [-0.2, 0) is 6.61 Å². The lowest BCUT2D eigenvalue weighted by Gasteiger charge is -2.04. The minimum absolute atomic E-state index is 0.0474. The molecule has 4 nitrogen and oxygen atoms in total. The maximum absolute atomic E-state index is 9.19. The molecular weight excluding hydrogens is 310 g/mol. The van der Waals surface area contributed by atoms with Crippen LogP contribution in [0.25, 0.3) is 29.1 Å². The SMILES string of the molecule is OCc1ccc(-c2cnc3cnc(/C=C/c4ccccc4)cn23)cc1. The standard InChI is InChI=1S/C21H17N3O/c25-15-17-6-9-18(10-7-17)20-12-23-21-13-22-19(14-24(20)21)11-8-16-4-2-1-3-5-16/h1-14,25H,15H2/b11-8+. The van der Waals surface area contributed by atoms with Crippen LogP contribution in [0.3, 0.4) is 0 Å². The number of hydrogen-bond donors (Lipinski definition) is 1. The van der Waals surface area contributed by atoms with Gasteiger partial charge in [0.15, 0.2) is 5.65 Å². The summed E-state index contributed by atoms with van der Waals surface area (Å²) in [5.74, 6) is 0. The Morgan fingerprint density at radius 2 is 1.68 bits per heavy atom. The van der Waals surface area contributed by atoms with Gasteiger partial charge in [0, 0.05) is 11.8 Å². The fraction of sp³-hybridized carbons (Fsp3) is 0.0476. The van der Waals surface area contributed by atoms with Gasteiger partial charge >= 0.3 is 0 Å². The van der Waals surface area contributed by atoms with Crippen LogP contribution in [0.15, 0.2) is 73.2 Å². The Labute approximate surface area is 145 Å². The zero-order chi connectivity index (χ0) is 17.1. The summed E-state index contributed by atoms with van der Waals surface area (Å²) in [6, 6.07) is 18.0. The zero-order valence-electron chi connectivity index (χ0n) is 13.6. The van der Waals surface area contributed by atoms with Crippen LogP contribution in [0.2, 0.25) is 0 Å². The van der Waals surface area contributed by atoms with Crippen molar-refractivity contribution in [2.45, 2.75) is 6.61 Å². The average Bonchev–Trinajstić information content (AvgIpc) is 3.10. The molecule has 2 aromatic heterocycles. The second-order valence-corrected chi connectivity index (χ2v) is 5.78. The van der Waals surface area contributed by atoms with Crippen LogP contribution in [0, 0.1) is 0 Å². The van der Waals surface area contributed by atoms with E-state index < -0.39 is 0 Å². The van der Waals surface area contributed by atoms with Gasteiger partial charge < -0.3 is 5.11 Å². The normalized spacial score (nSPS) is 11.4. The smallest absolute Gasteiger partial charge is 0.155 e. The number of aromatic nitrogens is 3. The number of imidazole rings is 1. The molecule has 0 bridgehead atoms. The lowest BCUT2D eigenvalue weighted by Crippen LogP contribution is -1.92. The van der Waals surface area contributed by atoms with Crippen LogP contribution < -0.4 is 0 Å². The van der Waals surface area contributed by atoms with Crippen LogP contribution in [0.4, 0.5) is 0 Å². The first-order chi connectivity index (χ1) is 12.3. The van der Waals surface area contributed by atoms with E-state index in [0.717, 1.165) is 33.7 Å². The molecule has 122 valence electrons. The van der Waals surface area contributed by atoms with E-state index in [1.807, 2.05) is 71.4 Å². The van der Waals surface area contributed by atoms with Gasteiger partial charge in [-0.3, -0.25) is 9.38 Å². The maximum Gasteiger partial charge on any atom is 0.155 e. The molecule has 4 aromatic rings. The van der Waals surface area contributed by atoms with Gasteiger partial charge in [-0.05, 0) is 17.2 Å². The molecule has 0 aliphatic heterocycles. The van der Waals surface area contributed by atoms with E-state index in [9.17, 15) is 5.11 Å². The van der Waals surface area contributed by atoms with Crippen molar-refractivity contribution in [2.24, 2.45) is 0 Å². The van der Waals surface area contributed by atoms with Gasteiger partial charge in [-0.1, -0.05) is 60.7 Å². The number of benzene rings is 2. The highest BCUT2D eigenvalue weighted by Crippen LogP contribution is 2.21. The topological polar surface area (TPSA) is 50.4 Å². The third-order valence-corrected chi connectivity index (χ3v) is 4.09. The van der Waals surface area contributed by atoms with Gasteiger partial charge in [0.2, 0.25) is 0 Å². The molecule has 4 heteroatoms. The number of aliphatic hydroxyl groups is 1. The highest BCUT2D eigenvalue weighted by molar-refractivity contribution is 5.69. The van der Waals surface area contributed by atoms with Gasteiger partial charge in [0.25, 0.3) is 0 Å². The van der Waals surface area contributed by atoms with Gasteiger partial charge in [0.05, 0.1) is 30.4 Å². The molecule has 0 saturated carbocycles. The van der Waals surface area contributed by atoms with Gasteiger partial charge in [0.1, 0.15) is 0 Å². The van der Waals surface area contributed by atoms with Crippen molar-refractivity contribution >= 4 is 17.8 Å². The molecule has 1 N–H and O–H groups in total. The van der Waals surface area contributed by atoms with E-state index in [1.54, 1.807) is 6.20 Å². The summed E-state index contributed by atoms with van der Waals surface area (Å²) in [6.07, 6.45) is 9.64. The van der Waals surface area contributed by atoms with Crippen molar-refractivity contribution in [3.8, 4) is 11.3 Å². The van der Waals surface area contributed by atoms with E-state index in [-0.39, 0.29) is 6.61 Å². The molecule has 25 heavy (non-hydrogen) atoms. The molecular formula is C21H17N3O. The Hall–Kier alpha value is -3.24. The summed E-state index contributed by atoms with van der Waals surface area (Å²) in [5.41, 5.74) is 5.74. The lowest BCUT2D eigenvalue weighted by atomic mass is 10.1. The first-order valence-corrected chi connectivity index (χ1v) is 8.10. The Kier molecular flexibility index (Phi) is 4.11. The molecule has 0 aliphatic carbocycles. The van der Waals surface area contributed by atoms with Gasteiger partial charge in [-0.2, -0.15) is 0 Å². The molecule has 0 saturated heterocycles. The minimum atomic E-state index is 0.0474. The molecule has 2 aromatic carbocycles. The third kappa shape index (κ3) is 3.20. The van der Waals surface area contributed by atoms with Gasteiger partial charge in [-0.25, -0.2) is 4.98 Å². The van der Waals surface area contributed by atoms with E-state index in [4.69, 9.17) is 0 Å². The van der Waals surface area contributed by atoms with E-state index in [1.165, 1.54) is 0 Å². The van der Waals surface area contributed by atoms with E-state index in [2.05, 4.69) is 22.1 Å². The Bertz CT molecular complexity index is 1020. The summed E-state index contributed by atoms with van der Waals surface area (Å²) in [5, 5.41) is 9.19. The number of fused-ring (bicyclic) bond motifs is 1. The van der Waals surface area contributed by atoms with Crippen molar-refractivity contribution in [3.63, 3.8) is 0 Å². The summed E-state index contributed by atoms with van der Waals surface area (Å²) >= 11 is 0. The maximum atomic E-state index is 9.19. The second-order valence-electron chi connectivity index (χ2n) is 5.78. The van der Waals surface area contributed by atoms with Crippen LogP contribution in [0.1, 0.15) is 16.8 Å². The fourth-order valence-corrected chi connectivity index (χ4v) is 2.73. The minimum Gasteiger partial charge on any atom is -0.392 e. The van der Waals surface area contributed by atoms with Crippen LogP contribution in [-0.4, -0.2) is 19.5 Å². The summed E-state index contributed by atoms with van der Waals surface area (Å²) in [6.45, 7) is 0.0474. The number of hydrogen-bond acceptors (Lipinski definition) is 3. The molecule has 4 rings (SSSR count). The monoisotopic (exact) mass is 327 g/mol. The lowest BCUT2D eigenvalue weighted by molar-refractivity contribution is 0.282. The Balaban J connectivity index is 1.71. The highest BCUT2D eigenvalue weighted by atomic mass is 16.3. The molecule has 0 aliphatic rings. The largest absolute Gasteiger partial charge is 0.392 e. The molecule has 0 radical (unpaired) electrons. The van der Waals surface area contributed by atoms with Crippen molar-refractivity contribution in [1.82, 2.24) is 14.4 Å². The predicted octanol–water partition coefficient (Wildman–Crippen LogP) is 4.06. The van der Waals surface area contributed by atoms with Crippen LogP contribution >= 0.6 is 0 Å². The van der Waals surface area contributed by atoms with Gasteiger partial charge in [-0.15, -0.1) is 0 Å². The zero-order valence-corrected chi connectivity index (χ0v) is 13.6. The third-order valence-electron chi connectivity index (χ3n) is 4.09. The molecule has 0 amide bonds. The first-order valence-electron chi connectivity index (χ1n) is 8.10. The summed E-state index contributed by atoms with van der Waals surface area (Å²) in [7, 11) is 0. The average molecular weight is 327 g/mol. The predicted molar refractivity (Wildman–Crippen MR) is 99.7 cm³/mol. The number of aliphatic hydroxyl groups excluding tert-OH is 1. The fourth-order valence-electron chi connectivity index (χ4n) is 2.73. The summed E-state index contributed by atoms with van der Waals surface area (Å²) < 4.78 is 2.03. The molecule has 0 fully saturated rings. The van der Waals surface area contributed by atoms with E-state index >= 15 is 0 Å². The van der Waals surface area contributed by atoms with Crippen molar-refractivity contribution < 1.29 is 5.11 Å². The quantitative estimate of drug-likeness (QED) is 0.615. The molecule has 0 spiro atoms. The second kappa shape index (κ2) is 6.71. The first kappa shape index (κ1) is 15.3. The molecule has 0 unspecified atom stereocenters. The van der Waals surface area contributed by atoms with Crippen molar-refractivity contribution in [2.75, 3.05) is 0 Å². The number of rotatable bonds is 4. The highest BCUT2D eigenvalue weighted by Gasteiger charge is 2.06.